The Morgan fingerprint density at radius 3 is 2.78 bits per heavy atom. The van der Waals surface area contributed by atoms with Gasteiger partial charge in [-0.1, -0.05) is 18.2 Å². The zero-order valence-corrected chi connectivity index (χ0v) is 15.6. The summed E-state index contributed by atoms with van der Waals surface area (Å²) in [6.07, 6.45) is 4.69. The summed E-state index contributed by atoms with van der Waals surface area (Å²) in [4.78, 5) is 16.6. The molecule has 0 atom stereocenters. The minimum atomic E-state index is -4.02. The lowest BCUT2D eigenvalue weighted by Crippen LogP contribution is -2.38. The maximum Gasteiger partial charge on any atom is 0.345 e. The molecule has 140 valence electrons. The summed E-state index contributed by atoms with van der Waals surface area (Å²) in [7, 11) is -1.21. The molecule has 1 aliphatic rings. The third kappa shape index (κ3) is 4.14. The number of benzene rings is 1. The zero-order chi connectivity index (χ0) is 19.4. The van der Waals surface area contributed by atoms with Gasteiger partial charge in [0.1, 0.15) is 11.4 Å². The molecular formula is C18H18N4O4S. The molecule has 27 heavy (non-hydrogen) atoms. The molecule has 1 aliphatic heterocycles. The Morgan fingerprint density at radius 1 is 1.26 bits per heavy atom. The summed E-state index contributed by atoms with van der Waals surface area (Å²) in [5, 5.41) is 2.70. The summed E-state index contributed by atoms with van der Waals surface area (Å²) >= 11 is 0. The first-order chi connectivity index (χ1) is 12.9. The highest BCUT2D eigenvalue weighted by Crippen LogP contribution is 2.22. The monoisotopic (exact) mass is 386 g/mol. The number of aromatic nitrogens is 1. The van der Waals surface area contributed by atoms with E-state index in [1.807, 2.05) is 6.07 Å². The Labute approximate surface area is 157 Å². The van der Waals surface area contributed by atoms with E-state index in [1.54, 1.807) is 42.7 Å². The highest BCUT2D eigenvalue weighted by Gasteiger charge is 2.29. The number of carbonyl (C=O) groups excluding carboxylic acids is 1. The van der Waals surface area contributed by atoms with Crippen molar-refractivity contribution >= 4 is 21.8 Å². The van der Waals surface area contributed by atoms with Crippen molar-refractivity contribution in [1.82, 2.24) is 14.6 Å². The first-order valence-corrected chi connectivity index (χ1v) is 9.42. The Hall–Kier alpha value is -3.20. The van der Waals surface area contributed by atoms with E-state index in [2.05, 4.69) is 14.7 Å². The number of ether oxygens (including phenoxy) is 1. The van der Waals surface area contributed by atoms with Crippen LogP contribution in [0.15, 0.2) is 65.0 Å². The number of allylic oxidation sites excluding steroid dienone is 1. The molecule has 0 saturated carbocycles. The second-order valence-electron chi connectivity index (χ2n) is 5.73. The molecule has 0 aliphatic carbocycles. The third-order valence-corrected chi connectivity index (χ3v) is 5.26. The topological polar surface area (TPSA) is 101 Å². The molecule has 0 radical (unpaired) electrons. The van der Waals surface area contributed by atoms with Gasteiger partial charge in [0, 0.05) is 31.5 Å². The van der Waals surface area contributed by atoms with Gasteiger partial charge in [-0.05, 0) is 29.8 Å². The van der Waals surface area contributed by atoms with Crippen LogP contribution in [0.25, 0.3) is 0 Å². The van der Waals surface area contributed by atoms with Crippen molar-refractivity contribution in [3.05, 3.63) is 71.7 Å². The molecule has 8 nitrogen and oxygen atoms in total. The fourth-order valence-electron chi connectivity index (χ4n) is 2.46. The van der Waals surface area contributed by atoms with Gasteiger partial charge < -0.3 is 10.1 Å². The van der Waals surface area contributed by atoms with Gasteiger partial charge in [-0.2, -0.15) is 8.42 Å². The summed E-state index contributed by atoms with van der Waals surface area (Å²) < 4.78 is 34.6. The van der Waals surface area contributed by atoms with Crippen molar-refractivity contribution in [2.75, 3.05) is 14.2 Å². The molecule has 0 fully saturated rings. The van der Waals surface area contributed by atoms with Crippen LogP contribution in [-0.4, -0.2) is 43.5 Å². The lowest BCUT2D eigenvalue weighted by atomic mass is 10.1. The number of likely N-dealkylation sites (N-methyl/N-ethyl adjacent to an activating group) is 1. The first kappa shape index (κ1) is 18.6. The van der Waals surface area contributed by atoms with E-state index in [9.17, 15) is 13.2 Å². The van der Waals surface area contributed by atoms with Crippen molar-refractivity contribution in [2.45, 2.75) is 6.54 Å². The molecule has 1 amide bonds. The third-order valence-electron chi connectivity index (χ3n) is 3.95. The molecule has 2 heterocycles. The van der Waals surface area contributed by atoms with E-state index in [0.29, 0.717) is 11.3 Å². The highest BCUT2D eigenvalue weighted by molar-refractivity contribution is 7.88. The van der Waals surface area contributed by atoms with Gasteiger partial charge in [-0.15, -0.1) is 4.40 Å². The maximum absolute atomic E-state index is 12.6. The molecule has 1 aromatic carbocycles. The van der Waals surface area contributed by atoms with E-state index < -0.39 is 16.1 Å². The van der Waals surface area contributed by atoms with Gasteiger partial charge in [0.05, 0.1) is 12.8 Å². The molecule has 0 bridgehead atoms. The molecule has 1 N–H and O–H groups in total. The average molecular weight is 386 g/mol. The average Bonchev–Trinajstić information content (AvgIpc) is 2.68. The number of carbonyl (C=O) groups is 1. The quantitative estimate of drug-likeness (QED) is 0.834. The predicted molar refractivity (Wildman–Crippen MR) is 100 cm³/mol. The van der Waals surface area contributed by atoms with Crippen molar-refractivity contribution < 1.29 is 17.9 Å². The maximum atomic E-state index is 12.6. The summed E-state index contributed by atoms with van der Waals surface area (Å²) in [5.41, 5.74) is 1.48. The molecule has 1 aromatic heterocycles. The molecule has 3 rings (SSSR count). The van der Waals surface area contributed by atoms with Crippen LogP contribution < -0.4 is 10.1 Å². The minimum absolute atomic E-state index is 0.0216. The van der Waals surface area contributed by atoms with Gasteiger partial charge >= 0.3 is 10.2 Å². The van der Waals surface area contributed by atoms with Crippen LogP contribution in [0.1, 0.15) is 11.1 Å². The van der Waals surface area contributed by atoms with Gasteiger partial charge in [0.15, 0.2) is 0 Å². The largest absolute Gasteiger partial charge is 0.497 e. The number of nitrogens with zero attached hydrogens (tertiary/aromatic N) is 3. The van der Waals surface area contributed by atoms with Crippen molar-refractivity contribution in [1.29, 1.82) is 0 Å². The number of pyridine rings is 1. The van der Waals surface area contributed by atoms with E-state index >= 15 is 0 Å². The van der Waals surface area contributed by atoms with Gasteiger partial charge in [-0.25, -0.2) is 4.31 Å². The number of nitrogens with one attached hydrogen (secondary N) is 1. The van der Waals surface area contributed by atoms with E-state index in [4.69, 9.17) is 4.74 Å². The molecule has 9 heteroatoms. The Morgan fingerprint density at radius 2 is 2.07 bits per heavy atom. The number of hydrogen-bond acceptors (Lipinski definition) is 5. The molecule has 0 saturated heterocycles. The number of hydrogen-bond donors (Lipinski definition) is 1. The van der Waals surface area contributed by atoms with Crippen LogP contribution in [0.4, 0.5) is 0 Å². The fourth-order valence-corrected chi connectivity index (χ4v) is 3.37. The number of methoxy groups -OCH3 is 1. The van der Waals surface area contributed by atoms with E-state index in [0.717, 1.165) is 9.87 Å². The molecule has 0 unspecified atom stereocenters. The van der Waals surface area contributed by atoms with Crippen LogP contribution in [0, 0.1) is 0 Å². The van der Waals surface area contributed by atoms with Crippen molar-refractivity contribution in [2.24, 2.45) is 4.40 Å². The lowest BCUT2D eigenvalue weighted by molar-refractivity contribution is -0.118. The second kappa shape index (κ2) is 7.58. The zero-order valence-electron chi connectivity index (χ0n) is 14.8. The van der Waals surface area contributed by atoms with Crippen LogP contribution in [-0.2, 0) is 21.5 Å². The smallest absolute Gasteiger partial charge is 0.345 e. The lowest BCUT2D eigenvalue weighted by Gasteiger charge is -2.23. The van der Waals surface area contributed by atoms with Crippen molar-refractivity contribution in [3.63, 3.8) is 0 Å². The van der Waals surface area contributed by atoms with Crippen LogP contribution >= 0.6 is 0 Å². The summed E-state index contributed by atoms with van der Waals surface area (Å²) in [5.74, 6) is 0.0303. The normalized spacial score (nSPS) is 15.6. The van der Waals surface area contributed by atoms with Crippen molar-refractivity contribution in [3.8, 4) is 5.75 Å². The van der Waals surface area contributed by atoms with Crippen LogP contribution in [0.5, 0.6) is 5.75 Å². The SMILES string of the molecule is COc1cccc(C2=NS(=O)(=O)N(C)C(C(=O)NCc3cccnc3)=C2)c1. The summed E-state index contributed by atoms with van der Waals surface area (Å²) in [6.45, 7) is 0.226. The van der Waals surface area contributed by atoms with Crippen LogP contribution in [0.2, 0.25) is 0 Å². The second-order valence-corrected chi connectivity index (χ2v) is 7.35. The van der Waals surface area contributed by atoms with Gasteiger partial charge in [-0.3, -0.25) is 9.78 Å². The highest BCUT2D eigenvalue weighted by atomic mass is 32.2. The Balaban J connectivity index is 1.89. The van der Waals surface area contributed by atoms with Gasteiger partial charge in [0.2, 0.25) is 0 Å². The van der Waals surface area contributed by atoms with E-state index in [-0.39, 0.29) is 18.0 Å². The molecular weight excluding hydrogens is 368 g/mol. The Bertz CT molecular complexity index is 1020. The van der Waals surface area contributed by atoms with Crippen LogP contribution in [0.3, 0.4) is 0 Å². The molecule has 0 spiro atoms. The minimum Gasteiger partial charge on any atom is -0.497 e. The summed E-state index contributed by atoms with van der Waals surface area (Å²) in [6, 6.07) is 10.4. The molecule has 2 aromatic rings. The Kier molecular flexibility index (Phi) is 5.22. The van der Waals surface area contributed by atoms with E-state index in [1.165, 1.54) is 20.2 Å². The number of rotatable bonds is 5. The predicted octanol–water partition coefficient (Wildman–Crippen LogP) is 1.27. The van der Waals surface area contributed by atoms with Gasteiger partial charge in [0.25, 0.3) is 5.91 Å². The standard InChI is InChI=1S/C18H18N4O4S/c1-22-17(18(23)20-12-13-5-4-8-19-11-13)10-16(21-27(22,24)25)14-6-3-7-15(9-14)26-2/h3-11H,12H2,1-2H3,(H,20,23). The number of amides is 1. The fraction of sp³-hybridized carbons (Fsp3) is 0.167. The first-order valence-electron chi connectivity index (χ1n) is 8.03.